The first-order valence-electron chi connectivity index (χ1n) is 7.29. The second-order valence-electron chi connectivity index (χ2n) is 5.52. The first-order chi connectivity index (χ1) is 10.4. The van der Waals surface area contributed by atoms with Crippen LogP contribution < -0.4 is 5.73 Å². The smallest absolute Gasteiger partial charge is 0.254 e. The molecular formula is C15H23ClN2O4S. The van der Waals surface area contributed by atoms with Crippen LogP contribution in [0.4, 0.5) is 5.69 Å². The van der Waals surface area contributed by atoms with E-state index in [1.807, 2.05) is 0 Å². The zero-order valence-electron chi connectivity index (χ0n) is 13.1. The number of hydrogen-bond donors (Lipinski definition) is 1. The number of ether oxygens (including phenoxy) is 1. The summed E-state index contributed by atoms with van der Waals surface area (Å²) in [5.74, 6) is 0.0342. The summed E-state index contributed by atoms with van der Waals surface area (Å²) >= 11 is 0. The van der Waals surface area contributed by atoms with Gasteiger partial charge in [-0.05, 0) is 37.1 Å². The Bertz CT molecular complexity index is 619. The average molecular weight is 363 g/mol. The fourth-order valence-corrected chi connectivity index (χ4v) is 4.37. The van der Waals surface area contributed by atoms with Crippen molar-refractivity contribution in [1.29, 1.82) is 0 Å². The van der Waals surface area contributed by atoms with Crippen LogP contribution in [0, 0.1) is 0 Å². The van der Waals surface area contributed by atoms with Crippen LogP contribution in [0.5, 0.6) is 0 Å². The average Bonchev–Trinajstić information content (AvgIpc) is 2.84. The number of amides is 1. The normalized spacial score (nSPS) is 19.1. The molecule has 23 heavy (non-hydrogen) atoms. The number of nitrogens with zero attached hydrogens (tertiary/aromatic N) is 1. The van der Waals surface area contributed by atoms with Gasteiger partial charge in [0.1, 0.15) is 0 Å². The number of anilines is 1. The van der Waals surface area contributed by atoms with Gasteiger partial charge in [-0.1, -0.05) is 0 Å². The fraction of sp³-hybridized carbons (Fsp3) is 0.533. The minimum Gasteiger partial charge on any atom is -0.399 e. The lowest BCUT2D eigenvalue weighted by molar-refractivity contribution is 0.0674. The molecule has 0 bridgehead atoms. The van der Waals surface area contributed by atoms with E-state index in [9.17, 15) is 13.2 Å². The molecule has 1 amide bonds. The number of nitrogens with two attached hydrogens (primary N) is 1. The second kappa shape index (κ2) is 8.52. The quantitative estimate of drug-likeness (QED) is 0.609. The monoisotopic (exact) mass is 362 g/mol. The summed E-state index contributed by atoms with van der Waals surface area (Å²) in [5.41, 5.74) is 6.75. The zero-order chi connectivity index (χ0) is 16.2. The number of benzene rings is 1. The minimum atomic E-state index is -3.04. The number of carbonyl (C=O) groups is 1. The number of sulfone groups is 1. The first-order valence-corrected chi connectivity index (χ1v) is 9.11. The maximum absolute atomic E-state index is 12.7. The van der Waals surface area contributed by atoms with E-state index in [4.69, 9.17) is 10.5 Å². The number of hydrogen-bond acceptors (Lipinski definition) is 5. The first kappa shape index (κ1) is 19.7. The number of carbonyl (C=O) groups excluding carboxylic acids is 1. The molecule has 1 heterocycles. The molecule has 1 unspecified atom stereocenters. The van der Waals surface area contributed by atoms with E-state index in [1.54, 1.807) is 36.3 Å². The molecule has 0 saturated carbocycles. The van der Waals surface area contributed by atoms with Gasteiger partial charge in [-0.15, -0.1) is 12.4 Å². The molecule has 1 aromatic carbocycles. The number of nitrogen functional groups attached to an aromatic ring is 1. The predicted octanol–water partition coefficient (Wildman–Crippen LogP) is 1.36. The van der Waals surface area contributed by atoms with Crippen molar-refractivity contribution in [3.63, 3.8) is 0 Å². The Labute approximate surface area is 143 Å². The molecule has 0 spiro atoms. The number of halogens is 1. The van der Waals surface area contributed by atoms with Crippen LogP contribution in [0.15, 0.2) is 24.3 Å². The van der Waals surface area contributed by atoms with Crippen molar-refractivity contribution in [2.24, 2.45) is 0 Å². The molecule has 6 nitrogen and oxygen atoms in total. The third kappa shape index (κ3) is 5.37. The van der Waals surface area contributed by atoms with E-state index < -0.39 is 9.84 Å². The largest absolute Gasteiger partial charge is 0.399 e. The molecular weight excluding hydrogens is 340 g/mol. The highest BCUT2D eigenvalue weighted by molar-refractivity contribution is 7.91. The molecule has 1 saturated heterocycles. The van der Waals surface area contributed by atoms with E-state index in [2.05, 4.69) is 0 Å². The molecule has 130 valence electrons. The Kier molecular flexibility index (Phi) is 7.31. The van der Waals surface area contributed by atoms with Gasteiger partial charge < -0.3 is 15.4 Å². The van der Waals surface area contributed by atoms with Gasteiger partial charge in [0.25, 0.3) is 5.91 Å². The summed E-state index contributed by atoms with van der Waals surface area (Å²) in [5, 5.41) is 0. The molecule has 8 heteroatoms. The van der Waals surface area contributed by atoms with Crippen LogP contribution in [0.1, 0.15) is 23.2 Å². The van der Waals surface area contributed by atoms with Gasteiger partial charge in [0.15, 0.2) is 9.84 Å². The van der Waals surface area contributed by atoms with Gasteiger partial charge in [0.2, 0.25) is 0 Å². The van der Waals surface area contributed by atoms with Crippen molar-refractivity contribution in [2.45, 2.75) is 18.9 Å². The van der Waals surface area contributed by atoms with Crippen LogP contribution in [0.25, 0.3) is 0 Å². The van der Waals surface area contributed by atoms with Gasteiger partial charge in [0.05, 0.1) is 11.5 Å². The lowest BCUT2D eigenvalue weighted by Gasteiger charge is -2.28. The molecule has 0 aliphatic carbocycles. The molecule has 2 rings (SSSR count). The highest BCUT2D eigenvalue weighted by atomic mass is 35.5. The summed E-state index contributed by atoms with van der Waals surface area (Å²) in [6.45, 7) is 1.02. The van der Waals surface area contributed by atoms with E-state index >= 15 is 0 Å². The van der Waals surface area contributed by atoms with Crippen LogP contribution in [-0.2, 0) is 14.6 Å². The molecule has 0 aromatic heterocycles. The van der Waals surface area contributed by atoms with E-state index in [0.29, 0.717) is 37.2 Å². The van der Waals surface area contributed by atoms with Gasteiger partial charge in [-0.25, -0.2) is 8.42 Å². The fourth-order valence-electron chi connectivity index (χ4n) is 2.64. The molecule has 1 aliphatic heterocycles. The Hall–Kier alpha value is -1.31. The lowest BCUT2D eigenvalue weighted by Crippen LogP contribution is -2.42. The van der Waals surface area contributed by atoms with E-state index in [-0.39, 0.29) is 35.9 Å². The summed E-state index contributed by atoms with van der Waals surface area (Å²) in [4.78, 5) is 14.4. The Morgan fingerprint density at radius 2 is 2.00 bits per heavy atom. The van der Waals surface area contributed by atoms with Crippen LogP contribution in [-0.4, -0.2) is 57.0 Å². The molecule has 2 N–H and O–H groups in total. The maximum Gasteiger partial charge on any atom is 0.254 e. The third-order valence-electron chi connectivity index (χ3n) is 3.82. The Morgan fingerprint density at radius 3 is 2.52 bits per heavy atom. The van der Waals surface area contributed by atoms with E-state index in [1.165, 1.54) is 0 Å². The molecule has 0 radical (unpaired) electrons. The standard InChI is InChI=1S/C15H22N2O4S.ClH/c1-21-9-2-8-17(14-7-10-22(19,20)11-14)15(18)12-3-5-13(16)6-4-12;/h3-6,14H,2,7-11,16H2,1H3;1H. The number of methoxy groups -OCH3 is 1. The van der Waals surface area contributed by atoms with Crippen molar-refractivity contribution in [3.8, 4) is 0 Å². The Balaban J connectivity index is 0.00000264. The maximum atomic E-state index is 12.7. The predicted molar refractivity (Wildman–Crippen MR) is 92.7 cm³/mol. The van der Waals surface area contributed by atoms with Crippen molar-refractivity contribution >= 4 is 33.8 Å². The van der Waals surface area contributed by atoms with Gasteiger partial charge >= 0.3 is 0 Å². The van der Waals surface area contributed by atoms with Crippen molar-refractivity contribution in [2.75, 3.05) is 37.5 Å². The topological polar surface area (TPSA) is 89.7 Å². The van der Waals surface area contributed by atoms with Crippen molar-refractivity contribution < 1.29 is 17.9 Å². The van der Waals surface area contributed by atoms with Crippen molar-refractivity contribution in [1.82, 2.24) is 4.90 Å². The second-order valence-corrected chi connectivity index (χ2v) is 7.75. The highest BCUT2D eigenvalue weighted by Crippen LogP contribution is 2.21. The summed E-state index contributed by atoms with van der Waals surface area (Å²) in [6.07, 6.45) is 1.17. The number of rotatable bonds is 6. The highest BCUT2D eigenvalue weighted by Gasteiger charge is 2.34. The molecule has 1 atom stereocenters. The zero-order valence-corrected chi connectivity index (χ0v) is 14.7. The van der Waals surface area contributed by atoms with Gasteiger partial charge in [-0.3, -0.25) is 4.79 Å². The minimum absolute atomic E-state index is 0. The lowest BCUT2D eigenvalue weighted by atomic mass is 10.1. The summed E-state index contributed by atoms with van der Waals surface area (Å²) in [6, 6.07) is 6.43. The summed E-state index contributed by atoms with van der Waals surface area (Å²) in [7, 11) is -1.44. The van der Waals surface area contributed by atoms with Gasteiger partial charge in [0, 0.05) is 37.6 Å². The van der Waals surface area contributed by atoms with E-state index in [0.717, 1.165) is 0 Å². The van der Waals surface area contributed by atoms with Crippen LogP contribution in [0.3, 0.4) is 0 Å². The van der Waals surface area contributed by atoms with Crippen molar-refractivity contribution in [3.05, 3.63) is 29.8 Å². The third-order valence-corrected chi connectivity index (χ3v) is 5.57. The SMILES string of the molecule is COCCCN(C(=O)c1ccc(N)cc1)C1CCS(=O)(=O)C1.Cl. The molecule has 1 fully saturated rings. The van der Waals surface area contributed by atoms with Crippen LogP contribution in [0.2, 0.25) is 0 Å². The van der Waals surface area contributed by atoms with Crippen LogP contribution >= 0.6 is 12.4 Å². The molecule has 1 aromatic rings. The molecule has 1 aliphatic rings. The summed E-state index contributed by atoms with van der Waals surface area (Å²) < 4.78 is 28.4. The Morgan fingerprint density at radius 1 is 1.35 bits per heavy atom. The van der Waals surface area contributed by atoms with Gasteiger partial charge in [-0.2, -0.15) is 0 Å².